The van der Waals surface area contributed by atoms with Gasteiger partial charge in [-0.2, -0.15) is 0 Å². The van der Waals surface area contributed by atoms with Gasteiger partial charge in [0.2, 0.25) is 5.91 Å². The second kappa shape index (κ2) is 6.32. The molecular weight excluding hydrogens is 369 g/mol. The summed E-state index contributed by atoms with van der Waals surface area (Å²) >= 11 is 3.49. The van der Waals surface area contributed by atoms with Crippen LogP contribution in [0.2, 0.25) is 0 Å². The molecule has 2 aliphatic rings. The summed E-state index contributed by atoms with van der Waals surface area (Å²) in [5.74, 6) is 0.196. The molecule has 0 saturated heterocycles. The van der Waals surface area contributed by atoms with Crippen LogP contribution in [0.5, 0.6) is 0 Å². The monoisotopic (exact) mass is 387 g/mol. The summed E-state index contributed by atoms with van der Waals surface area (Å²) in [6.07, 6.45) is 3.03. The lowest BCUT2D eigenvalue weighted by molar-refractivity contribution is -0.133. The zero-order valence-electron chi connectivity index (χ0n) is 13.3. The molecule has 0 heterocycles. The van der Waals surface area contributed by atoms with Crippen LogP contribution in [0.3, 0.4) is 0 Å². The molecular formula is C20H19BrFNO. The van der Waals surface area contributed by atoms with E-state index in [1.165, 1.54) is 6.07 Å². The van der Waals surface area contributed by atoms with Crippen LogP contribution in [0.4, 0.5) is 4.39 Å². The highest BCUT2D eigenvalue weighted by molar-refractivity contribution is 9.10. The van der Waals surface area contributed by atoms with Crippen LogP contribution < -0.4 is 0 Å². The normalized spacial score (nSPS) is 22.2. The van der Waals surface area contributed by atoms with Crippen molar-refractivity contribution >= 4 is 21.8 Å². The number of rotatable bonds is 5. The van der Waals surface area contributed by atoms with E-state index in [9.17, 15) is 9.18 Å². The lowest BCUT2D eigenvalue weighted by Crippen LogP contribution is -2.34. The van der Waals surface area contributed by atoms with Crippen LogP contribution in [0.1, 0.15) is 36.3 Å². The van der Waals surface area contributed by atoms with Crippen molar-refractivity contribution in [2.45, 2.75) is 37.8 Å². The topological polar surface area (TPSA) is 20.3 Å². The highest BCUT2D eigenvalue weighted by Crippen LogP contribution is 2.49. The first-order valence-electron chi connectivity index (χ1n) is 8.42. The van der Waals surface area contributed by atoms with Gasteiger partial charge in [0.25, 0.3) is 0 Å². The van der Waals surface area contributed by atoms with Gasteiger partial charge < -0.3 is 4.90 Å². The molecule has 2 aliphatic carbocycles. The van der Waals surface area contributed by atoms with Crippen molar-refractivity contribution in [2.75, 3.05) is 0 Å². The van der Waals surface area contributed by atoms with Gasteiger partial charge in [-0.3, -0.25) is 4.79 Å². The van der Waals surface area contributed by atoms with E-state index in [2.05, 4.69) is 28.1 Å². The first kappa shape index (κ1) is 15.8. The number of amides is 1. The maximum absolute atomic E-state index is 13.4. The molecule has 4 heteroatoms. The first-order chi connectivity index (χ1) is 11.6. The lowest BCUT2D eigenvalue weighted by Gasteiger charge is -2.23. The quantitative estimate of drug-likeness (QED) is 0.715. The third kappa shape index (κ3) is 3.39. The molecule has 0 spiro atoms. The number of hydrogen-bond acceptors (Lipinski definition) is 1. The minimum atomic E-state index is -0.223. The van der Waals surface area contributed by atoms with E-state index in [0.29, 0.717) is 12.6 Å². The highest BCUT2D eigenvalue weighted by Gasteiger charge is 2.48. The lowest BCUT2D eigenvalue weighted by atomic mass is 10.1. The molecule has 0 unspecified atom stereocenters. The van der Waals surface area contributed by atoms with Gasteiger partial charge in [-0.15, -0.1) is 0 Å². The molecule has 0 bridgehead atoms. The zero-order chi connectivity index (χ0) is 16.7. The van der Waals surface area contributed by atoms with Crippen molar-refractivity contribution in [1.29, 1.82) is 0 Å². The summed E-state index contributed by atoms with van der Waals surface area (Å²) in [6, 6.07) is 15.2. The van der Waals surface area contributed by atoms with Crippen molar-refractivity contribution in [3.63, 3.8) is 0 Å². The summed E-state index contributed by atoms with van der Waals surface area (Å²) in [4.78, 5) is 15.0. The van der Waals surface area contributed by atoms with Crippen LogP contribution in [0, 0.1) is 11.7 Å². The number of benzene rings is 2. The van der Waals surface area contributed by atoms with E-state index in [1.54, 1.807) is 12.1 Å². The Labute approximate surface area is 149 Å². The van der Waals surface area contributed by atoms with Crippen molar-refractivity contribution in [1.82, 2.24) is 4.90 Å². The van der Waals surface area contributed by atoms with E-state index < -0.39 is 0 Å². The van der Waals surface area contributed by atoms with E-state index in [0.717, 1.165) is 34.9 Å². The molecule has 2 saturated carbocycles. The third-order valence-corrected chi connectivity index (χ3v) is 5.39. The molecule has 24 heavy (non-hydrogen) atoms. The predicted octanol–water partition coefficient (Wildman–Crippen LogP) is 4.88. The maximum Gasteiger partial charge on any atom is 0.226 e. The fourth-order valence-corrected chi connectivity index (χ4v) is 3.84. The van der Waals surface area contributed by atoms with Crippen molar-refractivity contribution in [3.8, 4) is 0 Å². The summed E-state index contributed by atoms with van der Waals surface area (Å²) in [7, 11) is 0. The summed E-state index contributed by atoms with van der Waals surface area (Å²) in [5.41, 5.74) is 2.10. The minimum absolute atomic E-state index is 0.0135. The van der Waals surface area contributed by atoms with Gasteiger partial charge in [0, 0.05) is 23.0 Å². The predicted molar refractivity (Wildman–Crippen MR) is 95.0 cm³/mol. The molecule has 0 radical (unpaired) electrons. The van der Waals surface area contributed by atoms with Crippen LogP contribution in [0.25, 0.3) is 0 Å². The number of carbonyl (C=O) groups is 1. The van der Waals surface area contributed by atoms with Gasteiger partial charge in [0.05, 0.1) is 0 Å². The average Bonchev–Trinajstić information content (AvgIpc) is 3.46. The Hall–Kier alpha value is -1.68. The second-order valence-electron chi connectivity index (χ2n) is 6.83. The largest absolute Gasteiger partial charge is 0.335 e. The molecule has 0 aromatic heterocycles. The number of nitrogens with zero attached hydrogens (tertiary/aromatic N) is 1. The van der Waals surface area contributed by atoms with Crippen molar-refractivity contribution in [3.05, 3.63) is 69.9 Å². The summed E-state index contributed by atoms with van der Waals surface area (Å²) < 4.78 is 14.4. The smallest absolute Gasteiger partial charge is 0.226 e. The maximum atomic E-state index is 13.4. The van der Waals surface area contributed by atoms with E-state index in [4.69, 9.17) is 0 Å². The van der Waals surface area contributed by atoms with E-state index in [1.807, 2.05) is 23.1 Å². The molecule has 2 fully saturated rings. The van der Waals surface area contributed by atoms with Gasteiger partial charge in [0.1, 0.15) is 5.82 Å². The Morgan fingerprint density at radius 3 is 2.67 bits per heavy atom. The van der Waals surface area contributed by atoms with Crippen molar-refractivity contribution < 1.29 is 9.18 Å². The van der Waals surface area contributed by atoms with Gasteiger partial charge in [-0.25, -0.2) is 4.39 Å². The van der Waals surface area contributed by atoms with E-state index >= 15 is 0 Å². The Morgan fingerprint density at radius 1 is 1.17 bits per heavy atom. The highest BCUT2D eigenvalue weighted by atomic mass is 79.9. The van der Waals surface area contributed by atoms with Gasteiger partial charge in [-0.1, -0.05) is 40.2 Å². The summed E-state index contributed by atoms with van der Waals surface area (Å²) in [5, 5.41) is 0. The molecule has 2 aromatic rings. The molecule has 1 amide bonds. The first-order valence-corrected chi connectivity index (χ1v) is 9.21. The second-order valence-corrected chi connectivity index (χ2v) is 7.75. The molecule has 0 aliphatic heterocycles. The molecule has 2 nitrogen and oxygen atoms in total. The van der Waals surface area contributed by atoms with Crippen LogP contribution in [0.15, 0.2) is 53.0 Å². The average molecular weight is 388 g/mol. The van der Waals surface area contributed by atoms with Gasteiger partial charge in [0.15, 0.2) is 0 Å². The van der Waals surface area contributed by atoms with Crippen LogP contribution in [-0.4, -0.2) is 16.8 Å². The fourth-order valence-electron chi connectivity index (χ4n) is 3.39. The standard InChI is InChI=1S/C20H19BrFNO/c21-15-5-1-3-13(9-15)12-23(17-7-8-17)20(24)19-11-18(19)14-4-2-6-16(22)10-14/h1-6,9-10,17-19H,7-8,11-12H2/t18-,19+/m0/s1. The zero-order valence-corrected chi connectivity index (χ0v) is 14.9. The SMILES string of the molecule is O=C([C@@H]1C[C@H]1c1cccc(F)c1)N(Cc1cccc(Br)c1)C1CC1. The Morgan fingerprint density at radius 2 is 1.96 bits per heavy atom. The molecule has 124 valence electrons. The third-order valence-electron chi connectivity index (χ3n) is 4.90. The number of carbonyl (C=O) groups excluding carboxylic acids is 1. The van der Waals surface area contributed by atoms with Crippen molar-refractivity contribution in [2.24, 2.45) is 5.92 Å². The Balaban J connectivity index is 1.48. The molecule has 2 aromatic carbocycles. The van der Waals surface area contributed by atoms with Crippen LogP contribution >= 0.6 is 15.9 Å². The Kier molecular flexibility index (Phi) is 4.17. The fraction of sp³-hybridized carbons (Fsp3) is 0.350. The number of halogens is 2. The summed E-state index contributed by atoms with van der Waals surface area (Å²) in [6.45, 7) is 0.662. The molecule has 2 atom stereocenters. The van der Waals surface area contributed by atoms with Crippen LogP contribution in [-0.2, 0) is 11.3 Å². The van der Waals surface area contributed by atoms with Gasteiger partial charge in [-0.05, 0) is 60.6 Å². The number of hydrogen-bond donors (Lipinski definition) is 0. The molecule has 4 rings (SSSR count). The molecule has 0 N–H and O–H groups in total. The minimum Gasteiger partial charge on any atom is -0.335 e. The Bertz CT molecular complexity index is 774. The van der Waals surface area contributed by atoms with E-state index in [-0.39, 0.29) is 23.6 Å². The van der Waals surface area contributed by atoms with Gasteiger partial charge >= 0.3 is 0 Å².